The second-order valence-electron chi connectivity index (χ2n) is 8.42. The van der Waals surface area contributed by atoms with Gasteiger partial charge in [0.15, 0.2) is 40.7 Å². The van der Waals surface area contributed by atoms with Gasteiger partial charge >= 0.3 is 53.6 Å². The molecule has 0 N–H and O–H groups in total. The van der Waals surface area contributed by atoms with E-state index < -0.39 is 111 Å². The zero-order chi connectivity index (χ0) is 36.3. The average molecular weight is 722 g/mol. The number of benzene rings is 2. The molecule has 45 heavy (non-hydrogen) atoms. The summed E-state index contributed by atoms with van der Waals surface area (Å²) >= 11 is 0. The maximum absolute atomic E-state index is 14.6. The third-order valence-corrected chi connectivity index (χ3v) is 5.77. The van der Waals surface area contributed by atoms with Crippen LogP contribution >= 0.6 is 0 Å². The van der Waals surface area contributed by atoms with E-state index in [4.69, 9.17) is 0 Å². The molecule has 2 aromatic rings. The Kier molecular flexibility index (Phi) is 8.41. The van der Waals surface area contributed by atoms with Crippen LogP contribution in [-0.2, 0) is 5.92 Å². The summed E-state index contributed by atoms with van der Waals surface area (Å²) in [5, 5.41) is -6.88. The molecule has 0 unspecified atom stereocenters. The second kappa shape index (κ2) is 9.94. The maximum atomic E-state index is 14.6. The summed E-state index contributed by atoms with van der Waals surface area (Å²) in [6, 6.07) is 0. The van der Waals surface area contributed by atoms with Crippen molar-refractivity contribution in [3.63, 3.8) is 0 Å². The van der Waals surface area contributed by atoms with Crippen LogP contribution in [0.15, 0.2) is 0 Å². The SMILES string of the molecule is Fc1c(F)c(F)c2c(C(F)(F)C(F)(F)C(F)(F)C(F)(F)C(F)(F)C(F)(F)C(F)(F)C(F)(F)C(F)(F)F)c(F)c(F)c(F)c2c1F. The number of halogens is 26. The van der Waals surface area contributed by atoms with Crippen molar-refractivity contribution in [1.29, 1.82) is 0 Å². The predicted octanol–water partition coefficient (Wildman–Crippen LogP) is 9.91. The molecule has 0 bridgehead atoms. The van der Waals surface area contributed by atoms with Gasteiger partial charge in [-0.1, -0.05) is 0 Å². The fourth-order valence-electron chi connectivity index (χ4n) is 3.31. The van der Waals surface area contributed by atoms with Gasteiger partial charge in [-0.25, -0.2) is 30.7 Å². The van der Waals surface area contributed by atoms with E-state index in [9.17, 15) is 114 Å². The highest BCUT2D eigenvalue weighted by atomic mass is 19.4. The molecule has 0 aliphatic carbocycles. The Morgan fingerprint density at radius 2 is 0.489 bits per heavy atom. The van der Waals surface area contributed by atoms with Gasteiger partial charge in [0.05, 0.1) is 10.9 Å². The zero-order valence-electron chi connectivity index (χ0n) is 19.3. The third kappa shape index (κ3) is 4.37. The highest BCUT2D eigenvalue weighted by Gasteiger charge is 2.96. The zero-order valence-corrected chi connectivity index (χ0v) is 19.3. The molecule has 0 amide bonds. The van der Waals surface area contributed by atoms with Gasteiger partial charge in [0, 0.05) is 5.39 Å². The van der Waals surface area contributed by atoms with Crippen molar-refractivity contribution in [1.82, 2.24) is 0 Å². The Balaban J connectivity index is 3.02. The molecule has 2 rings (SSSR count). The molecule has 0 radical (unpaired) electrons. The maximum Gasteiger partial charge on any atom is 0.460 e. The molecule has 258 valence electrons. The molecular formula is C19F26. The number of rotatable bonds is 8. The standard InChI is InChI=1S/C19F26/c20-4-1-2(6(22)10(26)9(4)25)5(21)8(24)7(23)3(1)11(27,28)12(29,30)13(31,32)14(33,34)15(35,36)16(37,38)17(39,40)18(41,42)19(43,44)45. The summed E-state index contributed by atoms with van der Waals surface area (Å²) in [5.41, 5.74) is -4.49. The average Bonchev–Trinajstić information content (AvgIpc) is 2.87. The number of fused-ring (bicyclic) bond motifs is 1. The molecule has 0 aliphatic rings. The topological polar surface area (TPSA) is 0 Å². The minimum Gasteiger partial charge on any atom is -0.203 e. The van der Waals surface area contributed by atoms with Crippen molar-refractivity contribution in [2.75, 3.05) is 0 Å². The van der Waals surface area contributed by atoms with E-state index in [-0.39, 0.29) is 0 Å². The molecule has 0 heterocycles. The van der Waals surface area contributed by atoms with E-state index in [0.717, 1.165) is 0 Å². The normalized spacial score (nSPS) is 15.3. The highest BCUT2D eigenvalue weighted by Crippen LogP contribution is 2.66. The Morgan fingerprint density at radius 3 is 0.800 bits per heavy atom. The van der Waals surface area contributed by atoms with E-state index in [0.29, 0.717) is 0 Å². The molecule has 0 aromatic heterocycles. The summed E-state index contributed by atoms with van der Waals surface area (Å²) in [4.78, 5) is 0. The van der Waals surface area contributed by atoms with Crippen LogP contribution in [0.2, 0.25) is 0 Å². The van der Waals surface area contributed by atoms with E-state index in [2.05, 4.69) is 0 Å². The monoisotopic (exact) mass is 722 g/mol. The van der Waals surface area contributed by atoms with Crippen molar-refractivity contribution in [2.24, 2.45) is 0 Å². The van der Waals surface area contributed by atoms with Crippen molar-refractivity contribution < 1.29 is 114 Å². The van der Waals surface area contributed by atoms with Gasteiger partial charge in [0.25, 0.3) is 0 Å². The van der Waals surface area contributed by atoms with Crippen LogP contribution in [0.5, 0.6) is 0 Å². The van der Waals surface area contributed by atoms with Crippen LogP contribution < -0.4 is 0 Å². The summed E-state index contributed by atoms with van der Waals surface area (Å²) in [6.07, 6.45) is -8.15. The van der Waals surface area contributed by atoms with Gasteiger partial charge < -0.3 is 0 Å². The van der Waals surface area contributed by atoms with Gasteiger partial charge in [-0.2, -0.15) is 83.4 Å². The Bertz CT molecular complexity index is 1500. The minimum atomic E-state index is -9.44. The molecule has 0 aliphatic heterocycles. The van der Waals surface area contributed by atoms with Crippen LogP contribution in [0.3, 0.4) is 0 Å². The van der Waals surface area contributed by atoms with Crippen LogP contribution in [0, 0.1) is 40.7 Å². The fourth-order valence-corrected chi connectivity index (χ4v) is 3.31. The molecule has 0 spiro atoms. The van der Waals surface area contributed by atoms with Crippen LogP contribution in [-0.4, -0.2) is 47.6 Å². The summed E-state index contributed by atoms with van der Waals surface area (Å²) in [7, 11) is 0. The second-order valence-corrected chi connectivity index (χ2v) is 8.42. The van der Waals surface area contributed by atoms with Gasteiger partial charge in [-0.3, -0.25) is 0 Å². The molecule has 0 saturated carbocycles. The smallest absolute Gasteiger partial charge is 0.203 e. The first-order valence-electron chi connectivity index (χ1n) is 9.91. The first-order chi connectivity index (χ1) is 19.5. The largest absolute Gasteiger partial charge is 0.460 e. The molecular weight excluding hydrogens is 722 g/mol. The van der Waals surface area contributed by atoms with Gasteiger partial charge in [-0.15, -0.1) is 0 Å². The van der Waals surface area contributed by atoms with Crippen LogP contribution in [0.1, 0.15) is 5.56 Å². The molecule has 0 nitrogen and oxygen atoms in total. The van der Waals surface area contributed by atoms with Crippen molar-refractivity contribution in [3.8, 4) is 0 Å². The lowest BCUT2D eigenvalue weighted by molar-refractivity contribution is -0.469. The van der Waals surface area contributed by atoms with E-state index >= 15 is 0 Å². The summed E-state index contributed by atoms with van der Waals surface area (Å²) < 4.78 is 354. The minimum absolute atomic E-state index is 3.25. The molecule has 0 fully saturated rings. The lowest BCUT2D eigenvalue weighted by Gasteiger charge is -2.43. The third-order valence-electron chi connectivity index (χ3n) is 5.77. The first-order valence-corrected chi connectivity index (χ1v) is 9.91. The summed E-state index contributed by atoms with van der Waals surface area (Å²) in [6.45, 7) is 0. The molecule has 26 heteroatoms. The van der Waals surface area contributed by atoms with Crippen molar-refractivity contribution in [3.05, 3.63) is 46.3 Å². The Labute approximate surface area is 226 Å². The fraction of sp³-hybridized carbons (Fsp3) is 0.474. The number of alkyl halides is 19. The van der Waals surface area contributed by atoms with Crippen LogP contribution in [0.25, 0.3) is 10.8 Å². The van der Waals surface area contributed by atoms with Gasteiger partial charge in [0.1, 0.15) is 0 Å². The van der Waals surface area contributed by atoms with Crippen LogP contribution in [0.4, 0.5) is 114 Å². The highest BCUT2D eigenvalue weighted by molar-refractivity contribution is 5.89. The summed E-state index contributed by atoms with van der Waals surface area (Å²) in [5.74, 6) is -98.2. The lowest BCUT2D eigenvalue weighted by Crippen LogP contribution is -2.75. The van der Waals surface area contributed by atoms with E-state index in [1.54, 1.807) is 0 Å². The quantitative estimate of drug-likeness (QED) is 0.145. The molecule has 0 atom stereocenters. The lowest BCUT2D eigenvalue weighted by atomic mass is 9.84. The number of hydrogen-bond acceptors (Lipinski definition) is 0. The Hall–Kier alpha value is -3.12. The first kappa shape index (κ1) is 38.1. The Morgan fingerprint density at radius 1 is 0.244 bits per heavy atom. The molecule has 2 aromatic carbocycles. The van der Waals surface area contributed by atoms with E-state index in [1.165, 1.54) is 0 Å². The van der Waals surface area contributed by atoms with Gasteiger partial charge in [0.2, 0.25) is 0 Å². The molecule has 0 saturated heterocycles. The number of hydrogen-bond donors (Lipinski definition) is 0. The van der Waals surface area contributed by atoms with Crippen molar-refractivity contribution >= 4 is 10.8 Å². The predicted molar refractivity (Wildman–Crippen MR) is 88.2 cm³/mol. The van der Waals surface area contributed by atoms with E-state index in [1.807, 2.05) is 0 Å². The van der Waals surface area contributed by atoms with Gasteiger partial charge in [-0.05, 0) is 0 Å². The van der Waals surface area contributed by atoms with Crippen molar-refractivity contribution in [2.45, 2.75) is 53.6 Å².